The normalized spacial score (nSPS) is 16.2. The maximum Gasteiger partial charge on any atom is 0.214 e. The molecule has 0 radical (unpaired) electrons. The van der Waals surface area contributed by atoms with Gasteiger partial charge in [0.25, 0.3) is 0 Å². The summed E-state index contributed by atoms with van der Waals surface area (Å²) in [4.78, 5) is 2.09. The number of nitrogens with zero attached hydrogens (tertiary/aromatic N) is 2. The van der Waals surface area contributed by atoms with Crippen molar-refractivity contribution in [3.63, 3.8) is 0 Å². The Balaban J connectivity index is 2.38. The van der Waals surface area contributed by atoms with Crippen LogP contribution in [0.15, 0.2) is 35.7 Å². The molecular weight excluding hydrogens is 212 g/mol. The first-order valence-electron chi connectivity index (χ1n) is 5.93. The predicted molar refractivity (Wildman–Crippen MR) is 67.6 cm³/mol. The molecule has 1 heterocycles. The molecule has 0 spiro atoms. The lowest BCUT2D eigenvalue weighted by molar-refractivity contribution is 0.432. The minimum atomic E-state index is 0.623. The van der Waals surface area contributed by atoms with Gasteiger partial charge in [-0.25, -0.2) is 0 Å². The Morgan fingerprint density at radius 3 is 2.88 bits per heavy atom. The van der Waals surface area contributed by atoms with E-state index in [4.69, 9.17) is 10.00 Å². The summed E-state index contributed by atoms with van der Waals surface area (Å²) in [7, 11) is 0. The topological polar surface area (TPSA) is 36.3 Å². The van der Waals surface area contributed by atoms with E-state index in [1.165, 1.54) is 0 Å². The SMILES string of the molecule is CCCCN1/C(=C(/C)C#N)Oc2ccccc21. The van der Waals surface area contributed by atoms with Crippen LogP contribution in [0.1, 0.15) is 26.7 Å². The van der Waals surface area contributed by atoms with Gasteiger partial charge in [-0.15, -0.1) is 0 Å². The molecule has 17 heavy (non-hydrogen) atoms. The van der Waals surface area contributed by atoms with Crippen molar-refractivity contribution in [3.8, 4) is 11.8 Å². The molecule has 0 saturated heterocycles. The van der Waals surface area contributed by atoms with Gasteiger partial charge >= 0.3 is 0 Å². The Bertz CT molecular complexity index is 485. The average Bonchev–Trinajstić information content (AvgIpc) is 2.74. The molecule has 0 aliphatic carbocycles. The molecule has 0 aromatic heterocycles. The van der Waals surface area contributed by atoms with E-state index in [1.54, 1.807) is 6.92 Å². The van der Waals surface area contributed by atoms with Crippen molar-refractivity contribution in [2.45, 2.75) is 26.7 Å². The van der Waals surface area contributed by atoms with Crippen LogP contribution in [0.2, 0.25) is 0 Å². The molecule has 1 aliphatic rings. The molecule has 0 unspecified atom stereocenters. The smallest absolute Gasteiger partial charge is 0.214 e. The number of hydrogen-bond acceptors (Lipinski definition) is 3. The summed E-state index contributed by atoms with van der Waals surface area (Å²) in [6.45, 7) is 4.84. The Hall–Kier alpha value is -1.95. The lowest BCUT2D eigenvalue weighted by Crippen LogP contribution is -2.22. The first kappa shape index (κ1) is 11.5. The molecule has 1 aromatic rings. The Morgan fingerprint density at radius 2 is 2.18 bits per heavy atom. The van der Waals surface area contributed by atoms with Gasteiger partial charge in [-0.1, -0.05) is 25.5 Å². The third-order valence-corrected chi connectivity index (χ3v) is 2.83. The molecule has 1 aliphatic heterocycles. The van der Waals surface area contributed by atoms with Crippen LogP contribution in [0.25, 0.3) is 0 Å². The van der Waals surface area contributed by atoms with E-state index in [-0.39, 0.29) is 0 Å². The number of rotatable bonds is 3. The molecule has 3 heteroatoms. The van der Waals surface area contributed by atoms with E-state index in [0.29, 0.717) is 11.5 Å². The van der Waals surface area contributed by atoms with Crippen LogP contribution in [0, 0.1) is 11.3 Å². The molecule has 0 amide bonds. The van der Waals surface area contributed by atoms with Gasteiger partial charge < -0.3 is 9.64 Å². The largest absolute Gasteiger partial charge is 0.438 e. The number of benzene rings is 1. The second-order valence-corrected chi connectivity index (χ2v) is 4.12. The van der Waals surface area contributed by atoms with E-state index in [9.17, 15) is 0 Å². The fourth-order valence-electron chi connectivity index (χ4n) is 1.90. The van der Waals surface area contributed by atoms with Crippen LogP contribution < -0.4 is 9.64 Å². The molecule has 0 saturated carbocycles. The molecule has 88 valence electrons. The Kier molecular flexibility index (Phi) is 3.34. The van der Waals surface area contributed by atoms with Gasteiger partial charge in [-0.3, -0.25) is 0 Å². The van der Waals surface area contributed by atoms with Crippen LogP contribution in [-0.2, 0) is 0 Å². The fraction of sp³-hybridized carbons (Fsp3) is 0.357. The monoisotopic (exact) mass is 228 g/mol. The number of nitriles is 1. The van der Waals surface area contributed by atoms with Crippen molar-refractivity contribution in [1.29, 1.82) is 5.26 Å². The molecule has 0 bridgehead atoms. The van der Waals surface area contributed by atoms with E-state index >= 15 is 0 Å². The van der Waals surface area contributed by atoms with Crippen LogP contribution in [0.4, 0.5) is 5.69 Å². The predicted octanol–water partition coefficient (Wildman–Crippen LogP) is 3.44. The number of ether oxygens (including phenoxy) is 1. The fourth-order valence-corrected chi connectivity index (χ4v) is 1.90. The first-order valence-corrected chi connectivity index (χ1v) is 5.93. The number of hydrogen-bond donors (Lipinski definition) is 0. The third kappa shape index (κ3) is 2.12. The zero-order valence-electron chi connectivity index (χ0n) is 10.2. The van der Waals surface area contributed by atoms with Gasteiger partial charge in [-0.05, 0) is 25.5 Å². The molecule has 0 atom stereocenters. The van der Waals surface area contributed by atoms with Crippen LogP contribution in [0.5, 0.6) is 5.75 Å². The minimum absolute atomic E-state index is 0.623. The summed E-state index contributed by atoms with van der Waals surface area (Å²) in [5, 5.41) is 9.00. The maximum atomic E-state index is 9.00. The summed E-state index contributed by atoms with van der Waals surface area (Å²) in [5.41, 5.74) is 1.68. The zero-order valence-corrected chi connectivity index (χ0v) is 10.2. The maximum absolute atomic E-state index is 9.00. The van der Waals surface area contributed by atoms with Crippen molar-refractivity contribution >= 4 is 5.69 Å². The highest BCUT2D eigenvalue weighted by Gasteiger charge is 2.27. The van der Waals surface area contributed by atoms with Gasteiger partial charge in [0.2, 0.25) is 5.88 Å². The second-order valence-electron chi connectivity index (χ2n) is 4.12. The third-order valence-electron chi connectivity index (χ3n) is 2.83. The lowest BCUT2D eigenvalue weighted by atomic mass is 10.2. The standard InChI is InChI=1S/C14H16N2O/c1-3-4-9-16-12-7-5-6-8-13(12)17-14(16)11(2)10-15/h5-8H,3-4,9H2,1-2H3/b14-11+. The van der Waals surface area contributed by atoms with Gasteiger partial charge in [0, 0.05) is 6.54 Å². The highest BCUT2D eigenvalue weighted by Crippen LogP contribution is 2.39. The molecule has 3 nitrogen and oxygen atoms in total. The van der Waals surface area contributed by atoms with Crippen molar-refractivity contribution in [1.82, 2.24) is 0 Å². The van der Waals surface area contributed by atoms with E-state index < -0.39 is 0 Å². The highest BCUT2D eigenvalue weighted by molar-refractivity contribution is 5.67. The van der Waals surface area contributed by atoms with Crippen LogP contribution in [0.3, 0.4) is 0 Å². The van der Waals surface area contributed by atoms with Gasteiger partial charge in [0.05, 0.1) is 17.3 Å². The van der Waals surface area contributed by atoms with Crippen LogP contribution >= 0.6 is 0 Å². The highest BCUT2D eigenvalue weighted by atomic mass is 16.5. The van der Waals surface area contributed by atoms with Gasteiger partial charge in [0.1, 0.15) is 0 Å². The van der Waals surface area contributed by atoms with E-state index in [0.717, 1.165) is 30.8 Å². The number of allylic oxidation sites excluding steroid dienone is 1. The zero-order chi connectivity index (χ0) is 12.3. The quantitative estimate of drug-likeness (QED) is 0.743. The number of anilines is 1. The van der Waals surface area contributed by atoms with Crippen molar-refractivity contribution in [2.75, 3.05) is 11.4 Å². The molecule has 0 fully saturated rings. The average molecular weight is 228 g/mol. The Labute approximate surface area is 102 Å². The summed E-state index contributed by atoms with van der Waals surface area (Å²) in [6.07, 6.45) is 2.21. The van der Waals surface area contributed by atoms with E-state index in [1.807, 2.05) is 24.3 Å². The lowest BCUT2D eigenvalue weighted by Gasteiger charge is -2.18. The number of para-hydroxylation sites is 2. The molecule has 2 rings (SSSR count). The molecule has 1 aromatic carbocycles. The van der Waals surface area contributed by atoms with Crippen molar-refractivity contribution in [2.24, 2.45) is 0 Å². The second kappa shape index (κ2) is 4.92. The van der Waals surface area contributed by atoms with Crippen molar-refractivity contribution in [3.05, 3.63) is 35.7 Å². The van der Waals surface area contributed by atoms with E-state index in [2.05, 4.69) is 17.9 Å². The number of fused-ring (bicyclic) bond motifs is 1. The summed E-state index contributed by atoms with van der Waals surface area (Å²) in [5.74, 6) is 1.52. The summed E-state index contributed by atoms with van der Waals surface area (Å²) >= 11 is 0. The first-order chi connectivity index (χ1) is 8.27. The Morgan fingerprint density at radius 1 is 1.41 bits per heavy atom. The molecule has 0 N–H and O–H groups in total. The summed E-state index contributed by atoms with van der Waals surface area (Å²) < 4.78 is 5.75. The van der Waals surface area contributed by atoms with Crippen molar-refractivity contribution < 1.29 is 4.74 Å². The van der Waals surface area contributed by atoms with Crippen LogP contribution in [-0.4, -0.2) is 6.54 Å². The molecular formula is C14H16N2O. The van der Waals surface area contributed by atoms with Gasteiger partial charge in [-0.2, -0.15) is 5.26 Å². The number of unbranched alkanes of at least 4 members (excludes halogenated alkanes) is 1. The van der Waals surface area contributed by atoms with Gasteiger partial charge in [0.15, 0.2) is 5.75 Å². The summed E-state index contributed by atoms with van der Waals surface area (Å²) in [6, 6.07) is 10.1. The minimum Gasteiger partial charge on any atom is -0.438 e.